The van der Waals surface area contributed by atoms with Crippen LogP contribution in [0.25, 0.3) is 0 Å². The van der Waals surface area contributed by atoms with Crippen LogP contribution in [0.2, 0.25) is 5.02 Å². The van der Waals surface area contributed by atoms with E-state index in [9.17, 15) is 9.18 Å². The molecule has 4 nitrogen and oxygen atoms in total. The molecule has 1 saturated heterocycles. The van der Waals surface area contributed by atoms with Crippen molar-refractivity contribution in [3.05, 3.63) is 68.9 Å². The Kier molecular flexibility index (Phi) is 5.93. The average Bonchev–Trinajstić information content (AvgIpc) is 2.57. The highest BCUT2D eigenvalue weighted by molar-refractivity contribution is 9.10. The summed E-state index contributed by atoms with van der Waals surface area (Å²) in [5.74, 6) is -0.346. The first-order chi connectivity index (χ1) is 12.0. The Hall–Kier alpha value is -1.63. The van der Waals surface area contributed by atoms with E-state index in [1.165, 1.54) is 6.07 Å². The lowest BCUT2D eigenvalue weighted by Crippen LogP contribution is -2.59. The molecule has 1 heterocycles. The summed E-state index contributed by atoms with van der Waals surface area (Å²) in [5.41, 5.74) is 1.64. The van der Waals surface area contributed by atoms with Crippen LogP contribution in [-0.4, -0.2) is 30.1 Å². The molecule has 0 aromatic heterocycles. The molecule has 0 atom stereocenters. The number of carbonyl (C=O) groups is 1. The SMILES string of the molecule is O=C(OCc1ccccc1)N1CC(NCc2cc(F)c(Br)cc2Cl)C1. The van der Waals surface area contributed by atoms with Crippen molar-refractivity contribution in [3.63, 3.8) is 0 Å². The summed E-state index contributed by atoms with van der Waals surface area (Å²) >= 11 is 9.21. The standard InChI is InChI=1S/C18H17BrClFN2O2/c19-15-7-16(20)13(6-17(15)21)8-22-14-9-23(10-14)18(24)25-11-12-4-2-1-3-5-12/h1-7,14,22H,8-11H2. The summed E-state index contributed by atoms with van der Waals surface area (Å²) in [5, 5.41) is 3.76. The minimum absolute atomic E-state index is 0.145. The van der Waals surface area contributed by atoms with E-state index in [0.717, 1.165) is 5.56 Å². The fourth-order valence-electron chi connectivity index (χ4n) is 2.52. The van der Waals surface area contributed by atoms with Crippen LogP contribution in [0.15, 0.2) is 46.9 Å². The molecule has 0 radical (unpaired) electrons. The first kappa shape index (κ1) is 18.2. The van der Waals surface area contributed by atoms with Gasteiger partial charge in [-0.25, -0.2) is 9.18 Å². The second kappa shape index (κ2) is 8.17. The number of likely N-dealkylation sites (tertiary alicyclic amines) is 1. The molecule has 2 aromatic rings. The van der Waals surface area contributed by atoms with Crippen LogP contribution in [-0.2, 0) is 17.9 Å². The molecule has 1 N–H and O–H groups in total. The van der Waals surface area contributed by atoms with E-state index in [1.54, 1.807) is 11.0 Å². The number of carbonyl (C=O) groups excluding carboxylic acids is 1. The molecule has 1 amide bonds. The van der Waals surface area contributed by atoms with Gasteiger partial charge in [0.15, 0.2) is 0 Å². The van der Waals surface area contributed by atoms with Gasteiger partial charge in [0.05, 0.1) is 4.47 Å². The highest BCUT2D eigenvalue weighted by Gasteiger charge is 2.31. The topological polar surface area (TPSA) is 41.6 Å². The highest BCUT2D eigenvalue weighted by atomic mass is 79.9. The van der Waals surface area contributed by atoms with Crippen LogP contribution in [0.3, 0.4) is 0 Å². The van der Waals surface area contributed by atoms with Gasteiger partial charge in [-0.1, -0.05) is 41.9 Å². The van der Waals surface area contributed by atoms with Crippen molar-refractivity contribution in [2.75, 3.05) is 13.1 Å². The van der Waals surface area contributed by atoms with Gasteiger partial charge < -0.3 is 15.0 Å². The summed E-state index contributed by atoms with van der Waals surface area (Å²) in [4.78, 5) is 13.6. The van der Waals surface area contributed by atoms with E-state index >= 15 is 0 Å². The zero-order chi connectivity index (χ0) is 17.8. The van der Waals surface area contributed by atoms with Gasteiger partial charge >= 0.3 is 6.09 Å². The molecule has 0 aliphatic carbocycles. The molecule has 1 aliphatic rings. The minimum atomic E-state index is -0.346. The van der Waals surface area contributed by atoms with Crippen molar-refractivity contribution in [2.45, 2.75) is 19.2 Å². The first-order valence-electron chi connectivity index (χ1n) is 7.85. The number of amides is 1. The van der Waals surface area contributed by atoms with Crippen molar-refractivity contribution >= 4 is 33.6 Å². The number of benzene rings is 2. The van der Waals surface area contributed by atoms with E-state index in [-0.39, 0.29) is 24.6 Å². The molecule has 1 fully saturated rings. The Bertz CT molecular complexity index is 754. The third kappa shape index (κ3) is 4.71. The third-order valence-corrected chi connectivity index (χ3v) is 4.97. The molecule has 0 saturated carbocycles. The zero-order valence-electron chi connectivity index (χ0n) is 13.3. The average molecular weight is 428 g/mol. The molecule has 0 bridgehead atoms. The molecule has 3 rings (SSSR count). The molecule has 25 heavy (non-hydrogen) atoms. The quantitative estimate of drug-likeness (QED) is 0.721. The summed E-state index contributed by atoms with van der Waals surface area (Å²) in [6, 6.07) is 12.6. The summed E-state index contributed by atoms with van der Waals surface area (Å²) in [7, 11) is 0. The predicted molar refractivity (Wildman–Crippen MR) is 97.9 cm³/mol. The molecule has 0 spiro atoms. The predicted octanol–water partition coefficient (Wildman–Crippen LogP) is 4.35. The van der Waals surface area contributed by atoms with Gasteiger partial charge in [0.1, 0.15) is 12.4 Å². The number of rotatable bonds is 5. The second-order valence-electron chi connectivity index (χ2n) is 5.88. The van der Waals surface area contributed by atoms with Crippen LogP contribution >= 0.6 is 27.5 Å². The van der Waals surface area contributed by atoms with Gasteiger partial charge in [0, 0.05) is 30.7 Å². The van der Waals surface area contributed by atoms with Gasteiger partial charge in [0.25, 0.3) is 0 Å². The van der Waals surface area contributed by atoms with Crippen LogP contribution in [0, 0.1) is 5.82 Å². The van der Waals surface area contributed by atoms with Crippen LogP contribution in [0.1, 0.15) is 11.1 Å². The van der Waals surface area contributed by atoms with Crippen LogP contribution < -0.4 is 5.32 Å². The maximum Gasteiger partial charge on any atom is 0.410 e. The van der Waals surface area contributed by atoms with Crippen molar-refractivity contribution in [3.8, 4) is 0 Å². The molecule has 7 heteroatoms. The molecule has 132 valence electrons. The van der Waals surface area contributed by atoms with Crippen LogP contribution in [0.5, 0.6) is 0 Å². The Morgan fingerprint density at radius 2 is 2.04 bits per heavy atom. The summed E-state index contributed by atoms with van der Waals surface area (Å²) < 4.78 is 19.2. The summed E-state index contributed by atoms with van der Waals surface area (Å²) in [6.07, 6.45) is -0.324. The maximum absolute atomic E-state index is 13.6. The van der Waals surface area contributed by atoms with Gasteiger partial charge in [-0.15, -0.1) is 0 Å². The third-order valence-electron chi connectivity index (χ3n) is 4.02. The fraction of sp³-hybridized carbons (Fsp3) is 0.278. The molecule has 1 aliphatic heterocycles. The van der Waals surface area contributed by atoms with Crippen molar-refractivity contribution in [1.82, 2.24) is 10.2 Å². The maximum atomic E-state index is 13.6. The molecular formula is C18H17BrClFN2O2. The Morgan fingerprint density at radius 3 is 2.76 bits per heavy atom. The van der Waals surface area contributed by atoms with E-state index in [1.807, 2.05) is 30.3 Å². The largest absolute Gasteiger partial charge is 0.445 e. The van der Waals surface area contributed by atoms with Gasteiger partial charge in [-0.3, -0.25) is 0 Å². The first-order valence-corrected chi connectivity index (χ1v) is 9.02. The van der Waals surface area contributed by atoms with Crippen molar-refractivity contribution in [1.29, 1.82) is 0 Å². The van der Waals surface area contributed by atoms with Crippen molar-refractivity contribution < 1.29 is 13.9 Å². The van der Waals surface area contributed by atoms with E-state index in [4.69, 9.17) is 16.3 Å². The number of halogens is 3. The zero-order valence-corrected chi connectivity index (χ0v) is 15.7. The number of nitrogens with zero attached hydrogens (tertiary/aromatic N) is 1. The minimum Gasteiger partial charge on any atom is -0.445 e. The van der Waals surface area contributed by atoms with Crippen molar-refractivity contribution in [2.24, 2.45) is 0 Å². The second-order valence-corrected chi connectivity index (χ2v) is 7.14. The molecule has 0 unspecified atom stereocenters. The van der Waals surface area contributed by atoms with E-state index < -0.39 is 0 Å². The van der Waals surface area contributed by atoms with Gasteiger partial charge in [-0.05, 0) is 39.2 Å². The smallest absolute Gasteiger partial charge is 0.410 e. The number of hydrogen-bond acceptors (Lipinski definition) is 3. The molecular weight excluding hydrogens is 411 g/mol. The lowest BCUT2D eigenvalue weighted by atomic mass is 10.1. The summed E-state index contributed by atoms with van der Waals surface area (Å²) in [6.45, 7) is 1.83. The number of ether oxygens (including phenoxy) is 1. The van der Waals surface area contributed by atoms with E-state index in [0.29, 0.717) is 34.7 Å². The number of nitrogens with one attached hydrogen (secondary N) is 1. The Labute approximate surface area is 159 Å². The van der Waals surface area contributed by atoms with Gasteiger partial charge in [0.2, 0.25) is 0 Å². The highest BCUT2D eigenvalue weighted by Crippen LogP contribution is 2.25. The van der Waals surface area contributed by atoms with Crippen LogP contribution in [0.4, 0.5) is 9.18 Å². The fourth-order valence-corrected chi connectivity index (χ4v) is 3.23. The van der Waals surface area contributed by atoms with Gasteiger partial charge in [-0.2, -0.15) is 0 Å². The monoisotopic (exact) mass is 426 g/mol. The lowest BCUT2D eigenvalue weighted by Gasteiger charge is -2.38. The molecule has 2 aromatic carbocycles. The normalized spacial score (nSPS) is 14.3. The Morgan fingerprint density at radius 1 is 1.32 bits per heavy atom. The Balaban J connectivity index is 1.41. The van der Waals surface area contributed by atoms with E-state index in [2.05, 4.69) is 21.2 Å². The number of hydrogen-bond donors (Lipinski definition) is 1. The lowest BCUT2D eigenvalue weighted by molar-refractivity contribution is 0.0600.